The van der Waals surface area contributed by atoms with Crippen molar-refractivity contribution in [2.45, 2.75) is 12.5 Å². The summed E-state index contributed by atoms with van der Waals surface area (Å²) < 4.78 is 23.2. The van der Waals surface area contributed by atoms with Crippen LogP contribution < -0.4 is 4.74 Å². The van der Waals surface area contributed by atoms with Gasteiger partial charge in [0, 0.05) is 11.6 Å². The Morgan fingerprint density at radius 1 is 1.39 bits per heavy atom. The van der Waals surface area contributed by atoms with Gasteiger partial charge in [-0.3, -0.25) is 4.79 Å². The normalized spacial score (nSPS) is 12.3. The second kappa shape index (κ2) is 6.35. The van der Waals surface area contributed by atoms with Gasteiger partial charge in [0.25, 0.3) is 0 Å². The molecule has 1 aromatic carbocycles. The molecule has 0 saturated heterocycles. The minimum Gasteiger partial charge on any atom is -0.496 e. The second-order valence-corrected chi connectivity index (χ2v) is 4.15. The first-order valence-electron chi connectivity index (χ1n) is 5.56. The second-order valence-electron chi connectivity index (χ2n) is 4.15. The number of methoxy groups -OCH3 is 2. The maximum absolute atomic E-state index is 13.3. The summed E-state index contributed by atoms with van der Waals surface area (Å²) in [6.45, 7) is 0. The molecule has 0 aromatic heterocycles. The van der Waals surface area contributed by atoms with Crippen LogP contribution in [0.2, 0.25) is 0 Å². The van der Waals surface area contributed by atoms with Crippen LogP contribution in [0.4, 0.5) is 4.39 Å². The van der Waals surface area contributed by atoms with Crippen LogP contribution in [0.25, 0.3) is 0 Å². The molecule has 0 saturated carbocycles. The highest BCUT2D eigenvalue weighted by atomic mass is 19.1. The molecule has 0 amide bonds. The van der Waals surface area contributed by atoms with Crippen LogP contribution in [0.1, 0.15) is 18.0 Å². The molecule has 0 bridgehead atoms. The van der Waals surface area contributed by atoms with Gasteiger partial charge in [0.15, 0.2) is 0 Å². The number of rotatable bonds is 5. The molecule has 0 spiro atoms. The van der Waals surface area contributed by atoms with Crippen molar-refractivity contribution < 1.29 is 18.7 Å². The zero-order chi connectivity index (χ0) is 13.7. The van der Waals surface area contributed by atoms with Crippen LogP contribution in [0.3, 0.4) is 0 Å². The highest BCUT2D eigenvalue weighted by Crippen LogP contribution is 2.31. The summed E-state index contributed by atoms with van der Waals surface area (Å²) >= 11 is 0. The van der Waals surface area contributed by atoms with Crippen LogP contribution in [-0.4, -0.2) is 39.2 Å². The highest BCUT2D eigenvalue weighted by Gasteiger charge is 2.22. The van der Waals surface area contributed by atoms with Gasteiger partial charge in [-0.25, -0.2) is 4.39 Å². The molecule has 18 heavy (non-hydrogen) atoms. The molecule has 0 aliphatic carbocycles. The fourth-order valence-electron chi connectivity index (χ4n) is 1.78. The summed E-state index contributed by atoms with van der Waals surface area (Å²) in [6.07, 6.45) is 0.142. The number of ether oxygens (including phenoxy) is 2. The third kappa shape index (κ3) is 3.43. The van der Waals surface area contributed by atoms with E-state index < -0.39 is 0 Å². The molecule has 0 radical (unpaired) electrons. The van der Waals surface area contributed by atoms with Crippen molar-refractivity contribution in [1.82, 2.24) is 4.90 Å². The molecule has 1 atom stereocenters. The molecule has 100 valence electrons. The molecular formula is C13H18FNO3. The number of halogens is 1. The smallest absolute Gasteiger partial charge is 0.307 e. The molecule has 0 aliphatic rings. The summed E-state index contributed by atoms with van der Waals surface area (Å²) in [7, 11) is 6.48. The number of hydrogen-bond acceptors (Lipinski definition) is 4. The maximum Gasteiger partial charge on any atom is 0.307 e. The summed E-state index contributed by atoms with van der Waals surface area (Å²) in [5.74, 6) is -0.151. The van der Waals surface area contributed by atoms with Crippen molar-refractivity contribution in [3.8, 4) is 5.75 Å². The molecule has 1 unspecified atom stereocenters. The van der Waals surface area contributed by atoms with Crippen molar-refractivity contribution in [3.63, 3.8) is 0 Å². The summed E-state index contributed by atoms with van der Waals surface area (Å²) in [5.41, 5.74) is 0.632. The Balaban J connectivity index is 3.12. The van der Waals surface area contributed by atoms with Gasteiger partial charge in [0.2, 0.25) is 0 Å². The van der Waals surface area contributed by atoms with Gasteiger partial charge in [-0.15, -0.1) is 0 Å². The predicted molar refractivity (Wildman–Crippen MR) is 66.0 cm³/mol. The molecule has 1 aromatic rings. The van der Waals surface area contributed by atoms with E-state index in [0.29, 0.717) is 11.3 Å². The third-order valence-electron chi connectivity index (χ3n) is 2.76. The van der Waals surface area contributed by atoms with E-state index in [1.807, 2.05) is 19.0 Å². The van der Waals surface area contributed by atoms with Crippen molar-refractivity contribution in [3.05, 3.63) is 29.6 Å². The maximum atomic E-state index is 13.3. The van der Waals surface area contributed by atoms with Crippen molar-refractivity contribution >= 4 is 5.97 Å². The van der Waals surface area contributed by atoms with Gasteiger partial charge in [-0.05, 0) is 32.3 Å². The molecule has 0 aliphatic heterocycles. The topological polar surface area (TPSA) is 38.8 Å². The molecule has 0 fully saturated rings. The van der Waals surface area contributed by atoms with Crippen LogP contribution in [0, 0.1) is 5.82 Å². The third-order valence-corrected chi connectivity index (χ3v) is 2.76. The van der Waals surface area contributed by atoms with Crippen LogP contribution >= 0.6 is 0 Å². The van der Waals surface area contributed by atoms with Crippen molar-refractivity contribution in [2.24, 2.45) is 0 Å². The van der Waals surface area contributed by atoms with Gasteiger partial charge in [0.1, 0.15) is 11.6 Å². The largest absolute Gasteiger partial charge is 0.496 e. The van der Waals surface area contributed by atoms with Crippen LogP contribution in [0.5, 0.6) is 5.75 Å². The van der Waals surface area contributed by atoms with Gasteiger partial charge in [-0.1, -0.05) is 0 Å². The van der Waals surface area contributed by atoms with E-state index in [4.69, 9.17) is 4.74 Å². The molecule has 5 heteroatoms. The average Bonchev–Trinajstić information content (AvgIpc) is 2.35. The van der Waals surface area contributed by atoms with Crippen molar-refractivity contribution in [2.75, 3.05) is 28.3 Å². The Labute approximate surface area is 106 Å². The quantitative estimate of drug-likeness (QED) is 0.754. The number of benzene rings is 1. The van der Waals surface area contributed by atoms with Crippen LogP contribution in [-0.2, 0) is 9.53 Å². The summed E-state index contributed by atoms with van der Waals surface area (Å²) in [5, 5.41) is 0. The minimum absolute atomic E-state index is 0.142. The fourth-order valence-corrected chi connectivity index (χ4v) is 1.78. The van der Waals surface area contributed by atoms with Crippen molar-refractivity contribution in [1.29, 1.82) is 0 Å². The van der Waals surface area contributed by atoms with E-state index in [1.54, 1.807) is 6.07 Å². The minimum atomic E-state index is -0.359. The van der Waals surface area contributed by atoms with E-state index in [9.17, 15) is 9.18 Å². The Morgan fingerprint density at radius 2 is 2.06 bits per heavy atom. The number of esters is 1. The summed E-state index contributed by atoms with van der Waals surface area (Å²) in [4.78, 5) is 13.2. The van der Waals surface area contributed by atoms with E-state index in [1.165, 1.54) is 26.4 Å². The zero-order valence-corrected chi connectivity index (χ0v) is 11.1. The van der Waals surface area contributed by atoms with Gasteiger partial charge in [0.05, 0.1) is 20.6 Å². The van der Waals surface area contributed by atoms with Gasteiger partial charge < -0.3 is 14.4 Å². The van der Waals surface area contributed by atoms with E-state index in [2.05, 4.69) is 4.74 Å². The lowest BCUT2D eigenvalue weighted by atomic mass is 10.0. The highest BCUT2D eigenvalue weighted by molar-refractivity contribution is 5.70. The zero-order valence-electron chi connectivity index (χ0n) is 11.1. The first kappa shape index (κ1) is 14.4. The van der Waals surface area contributed by atoms with E-state index >= 15 is 0 Å². The van der Waals surface area contributed by atoms with E-state index in [-0.39, 0.29) is 24.2 Å². The Morgan fingerprint density at radius 3 is 2.56 bits per heavy atom. The number of carbonyl (C=O) groups is 1. The number of nitrogens with zero attached hydrogens (tertiary/aromatic N) is 1. The summed E-state index contributed by atoms with van der Waals surface area (Å²) in [6, 6.07) is 3.97. The average molecular weight is 255 g/mol. The Kier molecular flexibility index (Phi) is 5.09. The molecule has 0 N–H and O–H groups in total. The molecular weight excluding hydrogens is 237 g/mol. The fraction of sp³-hybridized carbons (Fsp3) is 0.462. The van der Waals surface area contributed by atoms with E-state index in [0.717, 1.165) is 0 Å². The lowest BCUT2D eigenvalue weighted by molar-refractivity contribution is -0.141. The predicted octanol–water partition coefficient (Wildman–Crippen LogP) is 2.00. The standard InChI is InChI=1S/C13H18FNO3/c1-15(2)11(8-13(16)18-4)10-7-9(14)5-6-12(10)17-3/h5-7,11H,8H2,1-4H3. The number of carbonyl (C=O) groups excluding carboxylic acids is 1. The molecule has 1 rings (SSSR count). The molecule has 0 heterocycles. The first-order chi connectivity index (χ1) is 8.49. The number of hydrogen-bond donors (Lipinski definition) is 0. The Hall–Kier alpha value is -1.62. The monoisotopic (exact) mass is 255 g/mol. The lowest BCUT2D eigenvalue weighted by Crippen LogP contribution is -2.24. The van der Waals surface area contributed by atoms with Crippen LogP contribution in [0.15, 0.2) is 18.2 Å². The van der Waals surface area contributed by atoms with Gasteiger partial charge in [-0.2, -0.15) is 0 Å². The molecule has 4 nitrogen and oxygen atoms in total. The lowest BCUT2D eigenvalue weighted by Gasteiger charge is -2.25. The SMILES string of the molecule is COC(=O)CC(c1cc(F)ccc1OC)N(C)C. The van der Waals surface area contributed by atoms with Gasteiger partial charge >= 0.3 is 5.97 Å². The first-order valence-corrected chi connectivity index (χ1v) is 5.56. The Bertz CT molecular complexity index is 421.